The van der Waals surface area contributed by atoms with Gasteiger partial charge in [0.05, 0.1) is 24.2 Å². The maximum Gasteiger partial charge on any atom is 0.204 e. The third-order valence-corrected chi connectivity index (χ3v) is 4.40. The van der Waals surface area contributed by atoms with Gasteiger partial charge in [0.25, 0.3) is 0 Å². The van der Waals surface area contributed by atoms with Crippen LogP contribution in [0.2, 0.25) is 0 Å². The predicted molar refractivity (Wildman–Crippen MR) is 88.4 cm³/mol. The lowest BCUT2D eigenvalue weighted by Gasteiger charge is -2.25. The molecule has 2 heterocycles. The Hall–Kier alpha value is -2.49. The van der Waals surface area contributed by atoms with Crippen molar-refractivity contribution in [3.8, 4) is 5.75 Å². The highest BCUT2D eigenvalue weighted by molar-refractivity contribution is 5.77. The average molecular weight is 293 g/mol. The number of rotatable bonds is 3. The highest BCUT2D eigenvalue weighted by atomic mass is 16.5. The number of anilines is 1. The summed E-state index contributed by atoms with van der Waals surface area (Å²) in [5.74, 6) is 1.91. The number of nitrogens with one attached hydrogen (secondary N) is 1. The number of ether oxygens (including phenoxy) is 1. The summed E-state index contributed by atoms with van der Waals surface area (Å²) in [7, 11) is 1.74. The summed E-state index contributed by atoms with van der Waals surface area (Å²) < 4.78 is 5.54. The van der Waals surface area contributed by atoms with Crippen LogP contribution in [0.15, 0.2) is 48.5 Å². The number of aromatic amines is 1. The molecule has 1 atom stereocenters. The number of aromatic nitrogens is 2. The van der Waals surface area contributed by atoms with E-state index in [4.69, 9.17) is 9.72 Å². The molecule has 3 aromatic rings. The van der Waals surface area contributed by atoms with Crippen molar-refractivity contribution in [1.82, 2.24) is 9.97 Å². The Morgan fingerprint density at radius 1 is 1.14 bits per heavy atom. The van der Waals surface area contributed by atoms with Gasteiger partial charge in [-0.2, -0.15) is 0 Å². The minimum Gasteiger partial charge on any atom is -0.496 e. The summed E-state index contributed by atoms with van der Waals surface area (Å²) in [6.07, 6.45) is 2.29. The lowest BCUT2D eigenvalue weighted by molar-refractivity contribution is 0.405. The van der Waals surface area contributed by atoms with E-state index in [9.17, 15) is 0 Å². The Balaban J connectivity index is 1.74. The van der Waals surface area contributed by atoms with Crippen molar-refractivity contribution in [1.29, 1.82) is 0 Å². The van der Waals surface area contributed by atoms with Gasteiger partial charge >= 0.3 is 0 Å². The van der Waals surface area contributed by atoms with Crippen molar-refractivity contribution in [3.05, 3.63) is 54.1 Å². The summed E-state index contributed by atoms with van der Waals surface area (Å²) in [6.45, 7) is 1.02. The monoisotopic (exact) mass is 293 g/mol. The molecule has 1 aliphatic rings. The highest BCUT2D eigenvalue weighted by Gasteiger charge is 2.30. The van der Waals surface area contributed by atoms with Crippen LogP contribution in [0.3, 0.4) is 0 Å². The molecule has 4 nitrogen and oxygen atoms in total. The minimum absolute atomic E-state index is 0.316. The number of nitrogens with zero attached hydrogens (tertiary/aromatic N) is 2. The first kappa shape index (κ1) is 13.2. The average Bonchev–Trinajstić information content (AvgIpc) is 3.20. The van der Waals surface area contributed by atoms with Crippen LogP contribution in [0, 0.1) is 0 Å². The lowest BCUT2D eigenvalue weighted by Crippen LogP contribution is -2.24. The molecule has 0 aliphatic carbocycles. The Morgan fingerprint density at radius 3 is 2.82 bits per heavy atom. The molecular formula is C18H19N3O. The largest absolute Gasteiger partial charge is 0.496 e. The molecule has 22 heavy (non-hydrogen) atoms. The maximum absolute atomic E-state index is 5.54. The normalized spacial score (nSPS) is 18.0. The molecule has 1 aromatic heterocycles. The number of hydrogen-bond donors (Lipinski definition) is 1. The van der Waals surface area contributed by atoms with E-state index in [1.807, 2.05) is 30.3 Å². The van der Waals surface area contributed by atoms with Gasteiger partial charge in [0.1, 0.15) is 5.75 Å². The van der Waals surface area contributed by atoms with Crippen LogP contribution >= 0.6 is 0 Å². The van der Waals surface area contributed by atoms with Crippen LogP contribution in [-0.4, -0.2) is 23.6 Å². The highest BCUT2D eigenvalue weighted by Crippen LogP contribution is 2.39. The Kier molecular flexibility index (Phi) is 3.22. The van der Waals surface area contributed by atoms with Gasteiger partial charge in [0.15, 0.2) is 0 Å². The number of para-hydroxylation sites is 3. The number of H-pyrrole nitrogens is 1. The van der Waals surface area contributed by atoms with E-state index in [0.717, 1.165) is 35.7 Å². The number of hydrogen-bond acceptors (Lipinski definition) is 3. The fourth-order valence-electron chi connectivity index (χ4n) is 3.36. The summed E-state index contributed by atoms with van der Waals surface area (Å²) in [6, 6.07) is 16.8. The van der Waals surface area contributed by atoms with Crippen LogP contribution in [0.25, 0.3) is 11.0 Å². The smallest absolute Gasteiger partial charge is 0.204 e. The van der Waals surface area contributed by atoms with Crippen LogP contribution in [0.1, 0.15) is 24.4 Å². The number of fused-ring (bicyclic) bond motifs is 1. The minimum atomic E-state index is 0.316. The van der Waals surface area contributed by atoms with Gasteiger partial charge < -0.3 is 14.6 Å². The molecule has 4 heteroatoms. The molecule has 4 rings (SSSR count). The van der Waals surface area contributed by atoms with Gasteiger partial charge in [-0.05, 0) is 31.0 Å². The molecular weight excluding hydrogens is 274 g/mol. The Labute approximate surface area is 129 Å². The zero-order chi connectivity index (χ0) is 14.9. The Morgan fingerprint density at radius 2 is 1.95 bits per heavy atom. The van der Waals surface area contributed by atoms with Crippen LogP contribution < -0.4 is 9.64 Å². The van der Waals surface area contributed by atoms with E-state index in [-0.39, 0.29) is 0 Å². The first-order valence-corrected chi connectivity index (χ1v) is 7.71. The van der Waals surface area contributed by atoms with E-state index in [1.165, 1.54) is 12.0 Å². The van der Waals surface area contributed by atoms with Crippen molar-refractivity contribution in [2.45, 2.75) is 18.9 Å². The SMILES string of the molecule is COc1ccccc1C1CCCN1c1nc2ccccc2[nH]1. The Bertz CT molecular complexity index is 763. The van der Waals surface area contributed by atoms with Gasteiger partial charge in [-0.3, -0.25) is 0 Å². The van der Waals surface area contributed by atoms with Crippen molar-refractivity contribution < 1.29 is 4.74 Å². The molecule has 0 radical (unpaired) electrons. The van der Waals surface area contributed by atoms with Gasteiger partial charge in [-0.15, -0.1) is 0 Å². The van der Waals surface area contributed by atoms with Gasteiger partial charge in [0.2, 0.25) is 5.95 Å². The third-order valence-electron chi connectivity index (χ3n) is 4.40. The molecule has 1 N–H and O–H groups in total. The van der Waals surface area contributed by atoms with Gasteiger partial charge in [0, 0.05) is 12.1 Å². The molecule has 0 spiro atoms. The molecule has 1 unspecified atom stereocenters. The summed E-state index contributed by atoms with van der Waals surface area (Å²) in [5, 5.41) is 0. The zero-order valence-electron chi connectivity index (χ0n) is 12.6. The van der Waals surface area contributed by atoms with Crippen LogP contribution in [-0.2, 0) is 0 Å². The summed E-state index contributed by atoms with van der Waals surface area (Å²) >= 11 is 0. The molecule has 1 aliphatic heterocycles. The van der Waals surface area contributed by atoms with Crippen LogP contribution in [0.4, 0.5) is 5.95 Å². The van der Waals surface area contributed by atoms with E-state index in [0.29, 0.717) is 6.04 Å². The maximum atomic E-state index is 5.54. The van der Waals surface area contributed by atoms with Gasteiger partial charge in [-0.1, -0.05) is 30.3 Å². The number of benzene rings is 2. The van der Waals surface area contributed by atoms with Gasteiger partial charge in [-0.25, -0.2) is 4.98 Å². The second-order valence-corrected chi connectivity index (χ2v) is 5.67. The molecule has 2 aromatic carbocycles. The first-order chi connectivity index (χ1) is 10.9. The molecule has 0 saturated carbocycles. The molecule has 1 saturated heterocycles. The summed E-state index contributed by atoms with van der Waals surface area (Å²) in [4.78, 5) is 10.6. The second-order valence-electron chi connectivity index (χ2n) is 5.67. The third kappa shape index (κ3) is 2.11. The quantitative estimate of drug-likeness (QED) is 0.796. The van der Waals surface area contributed by atoms with E-state index < -0.39 is 0 Å². The fourth-order valence-corrected chi connectivity index (χ4v) is 3.36. The van der Waals surface area contributed by atoms with Crippen molar-refractivity contribution in [2.75, 3.05) is 18.6 Å². The molecule has 1 fully saturated rings. The van der Waals surface area contributed by atoms with E-state index in [2.05, 4.69) is 28.1 Å². The van der Waals surface area contributed by atoms with Crippen molar-refractivity contribution >= 4 is 17.0 Å². The topological polar surface area (TPSA) is 41.1 Å². The van der Waals surface area contributed by atoms with Crippen molar-refractivity contribution in [3.63, 3.8) is 0 Å². The predicted octanol–water partition coefficient (Wildman–Crippen LogP) is 3.91. The van der Waals surface area contributed by atoms with Crippen LogP contribution in [0.5, 0.6) is 5.75 Å². The second kappa shape index (κ2) is 5.37. The first-order valence-electron chi connectivity index (χ1n) is 7.71. The number of methoxy groups -OCH3 is 1. The number of imidazole rings is 1. The molecule has 0 bridgehead atoms. The van der Waals surface area contributed by atoms with E-state index >= 15 is 0 Å². The lowest BCUT2D eigenvalue weighted by atomic mass is 10.0. The molecule has 0 amide bonds. The van der Waals surface area contributed by atoms with Crippen molar-refractivity contribution in [2.24, 2.45) is 0 Å². The zero-order valence-corrected chi connectivity index (χ0v) is 12.6. The summed E-state index contributed by atoms with van der Waals surface area (Å²) in [5.41, 5.74) is 3.34. The molecule has 112 valence electrons. The van der Waals surface area contributed by atoms with E-state index in [1.54, 1.807) is 7.11 Å². The standard InChI is InChI=1S/C18H19N3O/c1-22-17-11-5-2-7-13(17)16-10-6-12-21(16)18-19-14-8-3-4-9-15(14)20-18/h2-5,7-9,11,16H,6,10,12H2,1H3,(H,19,20). The fraction of sp³-hybridized carbons (Fsp3) is 0.278.